The summed E-state index contributed by atoms with van der Waals surface area (Å²) in [6, 6.07) is 0. The van der Waals surface area contributed by atoms with Crippen molar-refractivity contribution in [2.45, 2.75) is 58.2 Å². The fourth-order valence-electron chi connectivity index (χ4n) is 2.24. The minimum absolute atomic E-state index is 0.430. The van der Waals surface area contributed by atoms with Gasteiger partial charge in [0.1, 0.15) is 0 Å². The van der Waals surface area contributed by atoms with Crippen LogP contribution in [-0.2, 0) is 4.84 Å². The molecule has 0 rings (SSSR count). The Bertz CT molecular complexity index is 360. The van der Waals surface area contributed by atoms with Crippen LogP contribution in [0.5, 0.6) is 0 Å². The van der Waals surface area contributed by atoms with Crippen LogP contribution in [0.1, 0.15) is 47.0 Å². The van der Waals surface area contributed by atoms with Crippen LogP contribution in [0.15, 0.2) is 0 Å². The molecule has 0 aromatic carbocycles. The SMILES string of the molecule is CCC(CC)(C[I-]C[N+](N)(N)C(C)(CC)O[NH+](N)[O-])[N+](N)(N)N. The molecule has 0 aromatic rings. The number of nitrogens with one attached hydrogen (secondary N) is 1. The van der Waals surface area contributed by atoms with Crippen LogP contribution in [0.4, 0.5) is 0 Å². The molecule has 0 aliphatic heterocycles. The molecule has 0 heterocycles. The number of nitrogens with zero attached hydrogens (tertiary/aromatic N) is 2. The molecule has 2 unspecified atom stereocenters. The van der Waals surface area contributed by atoms with E-state index in [1.54, 1.807) is 6.92 Å². The zero-order chi connectivity index (χ0) is 18.5. The topological polar surface area (TPSA) is 193 Å². The predicted molar refractivity (Wildman–Crippen MR) is 82.8 cm³/mol. The predicted octanol–water partition coefficient (Wildman–Crippen LogP) is -6.09. The van der Waals surface area contributed by atoms with E-state index in [0.717, 1.165) is 17.3 Å². The van der Waals surface area contributed by atoms with E-state index >= 15 is 0 Å². The minimum atomic E-state index is -1.09. The summed E-state index contributed by atoms with van der Waals surface area (Å²) in [5.74, 6) is 35.3. The molecule has 0 radical (unpaired) electrons. The first-order valence-electron chi connectivity index (χ1n) is 7.53. The van der Waals surface area contributed by atoms with E-state index in [-0.39, 0.29) is 0 Å². The number of nitrogens with two attached hydrogens (primary N) is 6. The van der Waals surface area contributed by atoms with Gasteiger partial charge in [0, 0.05) is 0 Å². The number of quaternary nitrogens is 3. The van der Waals surface area contributed by atoms with Gasteiger partial charge >= 0.3 is 148 Å². The Morgan fingerprint density at radius 1 is 1.04 bits per heavy atom. The third-order valence-electron chi connectivity index (χ3n) is 4.62. The summed E-state index contributed by atoms with van der Waals surface area (Å²) in [5, 5.41) is 10.2. The Balaban J connectivity index is 5.00. The average molecular weight is 452 g/mol. The molecule has 11 nitrogen and oxygen atoms in total. The molecule has 23 heavy (non-hydrogen) atoms. The number of rotatable bonds is 11. The van der Waals surface area contributed by atoms with Crippen molar-refractivity contribution in [2.75, 3.05) is 8.98 Å². The standard InChI is InChI=1S/C11H35IN9O2/c1-5-10(4,23-19(13)22)20(14,15)9-12-8-11(6-2,7-3)21(16,17)18/h19H,5-9,13-18H2,1-4H3/q+1. The second-order valence-electron chi connectivity index (χ2n) is 6.09. The first-order valence-corrected chi connectivity index (χ1v) is 10.6. The van der Waals surface area contributed by atoms with Gasteiger partial charge in [-0.2, -0.15) is 0 Å². The molecule has 0 saturated heterocycles. The third kappa shape index (κ3) is 5.65. The summed E-state index contributed by atoms with van der Waals surface area (Å²) in [6.07, 6.45) is 1.92. The van der Waals surface area contributed by atoms with Crippen molar-refractivity contribution < 1.29 is 40.9 Å². The Morgan fingerprint density at radius 2 is 1.52 bits per heavy atom. The van der Waals surface area contributed by atoms with Crippen LogP contribution in [0, 0.1) is 5.21 Å². The molecular formula is C11H35IN9O2+. The Morgan fingerprint density at radius 3 is 1.83 bits per heavy atom. The summed E-state index contributed by atoms with van der Waals surface area (Å²) < 4.78 is 0.758. The van der Waals surface area contributed by atoms with Crippen LogP contribution in [-0.4, -0.2) is 29.8 Å². The molecule has 0 bridgehead atoms. The van der Waals surface area contributed by atoms with Crippen molar-refractivity contribution in [2.24, 2.45) is 35.1 Å². The van der Waals surface area contributed by atoms with Gasteiger partial charge in [-0.3, -0.25) is 0 Å². The Labute approximate surface area is 148 Å². The van der Waals surface area contributed by atoms with Gasteiger partial charge < -0.3 is 0 Å². The zero-order valence-electron chi connectivity index (χ0n) is 14.6. The van der Waals surface area contributed by atoms with Crippen molar-refractivity contribution in [1.29, 1.82) is 0 Å². The number of halogens is 1. The van der Waals surface area contributed by atoms with Crippen molar-refractivity contribution >= 4 is 0 Å². The molecule has 0 saturated carbocycles. The Kier molecular flexibility index (Phi) is 8.70. The summed E-state index contributed by atoms with van der Waals surface area (Å²) in [6.45, 7) is 7.51. The maximum absolute atomic E-state index is 11.1. The third-order valence-corrected chi connectivity index (χ3v) is 8.19. The number of hydrogen-bond donors (Lipinski definition) is 7. The van der Waals surface area contributed by atoms with Gasteiger partial charge in [-0.25, -0.2) is 0 Å². The molecule has 0 aliphatic rings. The molecule has 0 aliphatic carbocycles. The zero-order valence-corrected chi connectivity index (χ0v) is 16.7. The van der Waals surface area contributed by atoms with Gasteiger partial charge in [-0.05, 0) is 0 Å². The second-order valence-corrected chi connectivity index (χ2v) is 8.61. The second kappa shape index (κ2) is 8.59. The number of hydrogen-bond acceptors (Lipinski definition) is 8. The average Bonchev–Trinajstić information content (AvgIpc) is 2.41. The molecule has 0 amide bonds. The summed E-state index contributed by atoms with van der Waals surface area (Å²) in [5.41, 5.74) is -1.52. The van der Waals surface area contributed by atoms with E-state index in [9.17, 15) is 5.21 Å². The van der Waals surface area contributed by atoms with Crippen LogP contribution in [0.2, 0.25) is 0 Å². The fourth-order valence-corrected chi connectivity index (χ4v) is 6.68. The number of alkyl halides is 2. The first kappa shape index (κ1) is 23.3. The fraction of sp³-hybridized carbons (Fsp3) is 1.00. The van der Waals surface area contributed by atoms with E-state index in [0.29, 0.717) is 11.0 Å². The van der Waals surface area contributed by atoms with Gasteiger partial charge in [0.25, 0.3) is 0 Å². The maximum atomic E-state index is 11.1. The summed E-state index contributed by atoms with van der Waals surface area (Å²) in [7, 11) is 0. The molecule has 0 aromatic heterocycles. The van der Waals surface area contributed by atoms with Crippen molar-refractivity contribution in [3.8, 4) is 0 Å². The molecule has 2 atom stereocenters. The molecule has 13 N–H and O–H groups in total. The molecule has 142 valence electrons. The van der Waals surface area contributed by atoms with Crippen LogP contribution in [0.3, 0.4) is 0 Å². The molecular weight excluding hydrogens is 417 g/mol. The van der Waals surface area contributed by atoms with Crippen molar-refractivity contribution in [3.05, 3.63) is 5.21 Å². The quantitative estimate of drug-likeness (QED) is 0.0306. The van der Waals surface area contributed by atoms with Gasteiger partial charge in [0.05, 0.1) is 0 Å². The van der Waals surface area contributed by atoms with E-state index < -0.39 is 47.3 Å². The van der Waals surface area contributed by atoms with Crippen molar-refractivity contribution in [3.63, 3.8) is 0 Å². The van der Waals surface area contributed by atoms with Crippen molar-refractivity contribution in [1.82, 2.24) is 0 Å². The van der Waals surface area contributed by atoms with Gasteiger partial charge in [0.2, 0.25) is 0 Å². The first-order chi connectivity index (χ1) is 10.3. The van der Waals surface area contributed by atoms with Crippen LogP contribution >= 0.6 is 0 Å². The van der Waals surface area contributed by atoms with E-state index in [1.807, 2.05) is 20.8 Å². The Hall–Kier alpha value is 0.290. The summed E-state index contributed by atoms with van der Waals surface area (Å²) in [4.78, 5) is 4.58. The monoisotopic (exact) mass is 452 g/mol. The van der Waals surface area contributed by atoms with Crippen LogP contribution < -0.4 is 61.6 Å². The van der Waals surface area contributed by atoms with Gasteiger partial charge in [-0.1, -0.05) is 0 Å². The van der Waals surface area contributed by atoms with E-state index in [1.165, 1.54) is 0 Å². The molecule has 0 spiro atoms. The summed E-state index contributed by atoms with van der Waals surface area (Å²) >= 11 is -0.497. The van der Waals surface area contributed by atoms with Gasteiger partial charge in [0.15, 0.2) is 0 Å². The molecule has 0 fully saturated rings. The van der Waals surface area contributed by atoms with Gasteiger partial charge in [-0.15, -0.1) is 0 Å². The molecule has 12 heteroatoms. The normalized spacial score (nSPS) is 18.0. The van der Waals surface area contributed by atoms with Crippen LogP contribution in [0.25, 0.3) is 0 Å². The van der Waals surface area contributed by atoms with E-state index in [2.05, 4.69) is 0 Å². The van der Waals surface area contributed by atoms with E-state index in [4.69, 9.17) is 39.9 Å².